The lowest BCUT2D eigenvalue weighted by Gasteiger charge is -2.37. The van der Waals surface area contributed by atoms with Crippen LogP contribution in [0, 0.1) is 20.2 Å². The van der Waals surface area contributed by atoms with Crippen molar-refractivity contribution in [1.29, 1.82) is 0 Å². The zero-order chi connectivity index (χ0) is 21.7. The number of nitrogens with one attached hydrogen (secondary N) is 2. The lowest BCUT2D eigenvalue weighted by Crippen LogP contribution is -2.52. The summed E-state index contributed by atoms with van der Waals surface area (Å²) in [5.41, 5.74) is 1.41. The first-order valence-electron chi connectivity index (χ1n) is 8.94. The Morgan fingerprint density at radius 2 is 1.00 bits per heavy atom. The number of non-ortho nitro benzene ring substituents is 2. The number of rotatable bonds is 4. The molecule has 0 radical (unpaired) electrons. The van der Waals surface area contributed by atoms with Crippen molar-refractivity contribution in [1.82, 2.24) is 9.80 Å². The summed E-state index contributed by atoms with van der Waals surface area (Å²) in [6, 6.07) is 12.1. The largest absolute Gasteiger partial charge is 0.345 e. The van der Waals surface area contributed by atoms with Gasteiger partial charge in [-0.15, -0.1) is 0 Å². The molecule has 0 bridgehead atoms. The van der Waals surface area contributed by atoms with E-state index in [9.17, 15) is 20.2 Å². The van der Waals surface area contributed by atoms with Gasteiger partial charge >= 0.3 is 0 Å². The Hall–Kier alpha value is -3.38. The first kappa shape index (κ1) is 21.3. The molecule has 2 aromatic rings. The van der Waals surface area contributed by atoms with E-state index in [1.54, 1.807) is 24.3 Å². The monoisotopic (exact) mass is 446 g/mol. The van der Waals surface area contributed by atoms with E-state index in [2.05, 4.69) is 10.6 Å². The summed E-state index contributed by atoms with van der Waals surface area (Å²) in [6.07, 6.45) is 0. The summed E-state index contributed by atoms with van der Waals surface area (Å²) in [4.78, 5) is 24.6. The predicted octanol–water partition coefficient (Wildman–Crippen LogP) is 3.21. The van der Waals surface area contributed by atoms with Gasteiger partial charge in [-0.3, -0.25) is 20.2 Å². The molecular formula is C18H18N6O4S2. The third-order valence-electron chi connectivity index (χ3n) is 4.51. The van der Waals surface area contributed by atoms with Crippen LogP contribution in [-0.2, 0) is 0 Å². The fourth-order valence-electron chi connectivity index (χ4n) is 2.85. The van der Waals surface area contributed by atoms with E-state index in [0.29, 0.717) is 47.8 Å². The van der Waals surface area contributed by atoms with E-state index >= 15 is 0 Å². The highest BCUT2D eigenvalue weighted by Crippen LogP contribution is 2.18. The van der Waals surface area contributed by atoms with Crippen molar-refractivity contribution >= 4 is 57.4 Å². The molecule has 156 valence electrons. The van der Waals surface area contributed by atoms with Crippen molar-refractivity contribution in [3.8, 4) is 0 Å². The third-order valence-corrected chi connectivity index (χ3v) is 5.23. The molecule has 0 aliphatic carbocycles. The fraction of sp³-hybridized carbons (Fsp3) is 0.222. The molecule has 3 rings (SSSR count). The first-order chi connectivity index (χ1) is 14.3. The van der Waals surface area contributed by atoms with E-state index in [1.165, 1.54) is 24.3 Å². The number of anilines is 2. The molecule has 2 N–H and O–H groups in total. The average molecular weight is 447 g/mol. The summed E-state index contributed by atoms with van der Waals surface area (Å²) < 4.78 is 0. The number of thiocarbonyl (C=S) groups is 2. The van der Waals surface area contributed by atoms with Gasteiger partial charge in [0.05, 0.1) is 9.85 Å². The molecule has 0 atom stereocenters. The Labute approximate surface area is 182 Å². The van der Waals surface area contributed by atoms with Gasteiger partial charge in [0, 0.05) is 61.8 Å². The Kier molecular flexibility index (Phi) is 6.69. The van der Waals surface area contributed by atoms with Crippen LogP contribution in [0.2, 0.25) is 0 Å². The smallest absolute Gasteiger partial charge is 0.269 e. The second-order valence-electron chi connectivity index (χ2n) is 6.44. The Morgan fingerprint density at radius 1 is 0.700 bits per heavy atom. The van der Waals surface area contributed by atoms with Gasteiger partial charge in [-0.1, -0.05) is 0 Å². The van der Waals surface area contributed by atoms with Crippen molar-refractivity contribution in [3.05, 3.63) is 68.8 Å². The van der Waals surface area contributed by atoms with Gasteiger partial charge in [0.1, 0.15) is 0 Å². The number of piperazine rings is 1. The minimum Gasteiger partial charge on any atom is -0.345 e. The van der Waals surface area contributed by atoms with Crippen LogP contribution in [0.15, 0.2) is 48.5 Å². The summed E-state index contributed by atoms with van der Waals surface area (Å²) in [7, 11) is 0. The molecule has 12 heteroatoms. The Morgan fingerprint density at radius 3 is 1.27 bits per heavy atom. The van der Waals surface area contributed by atoms with Crippen molar-refractivity contribution in [3.63, 3.8) is 0 Å². The van der Waals surface area contributed by atoms with E-state index in [1.807, 2.05) is 9.80 Å². The highest BCUT2D eigenvalue weighted by molar-refractivity contribution is 7.80. The topological polar surface area (TPSA) is 117 Å². The SMILES string of the molecule is O=[N+]([O-])c1ccc(NC(=S)N2CCN(C(=S)Nc3ccc([N+](=O)[O-])cc3)CC2)cc1. The Balaban J connectivity index is 1.48. The molecule has 0 aromatic heterocycles. The van der Waals surface area contributed by atoms with Crippen molar-refractivity contribution < 1.29 is 9.85 Å². The molecule has 1 aliphatic rings. The molecule has 0 unspecified atom stereocenters. The van der Waals surface area contributed by atoms with Gasteiger partial charge in [0.2, 0.25) is 0 Å². The zero-order valence-electron chi connectivity index (χ0n) is 15.7. The summed E-state index contributed by atoms with van der Waals surface area (Å²) >= 11 is 10.9. The number of nitro benzene ring substituents is 2. The fourth-order valence-corrected chi connectivity index (χ4v) is 3.45. The van der Waals surface area contributed by atoms with Gasteiger partial charge in [0.15, 0.2) is 10.2 Å². The molecule has 1 saturated heterocycles. The lowest BCUT2D eigenvalue weighted by molar-refractivity contribution is -0.385. The highest BCUT2D eigenvalue weighted by Gasteiger charge is 2.21. The predicted molar refractivity (Wildman–Crippen MR) is 122 cm³/mol. The van der Waals surface area contributed by atoms with Crippen LogP contribution in [0.5, 0.6) is 0 Å². The van der Waals surface area contributed by atoms with Crippen LogP contribution in [0.25, 0.3) is 0 Å². The highest BCUT2D eigenvalue weighted by atomic mass is 32.1. The normalized spacial score (nSPS) is 13.5. The van der Waals surface area contributed by atoms with Gasteiger partial charge in [-0.25, -0.2) is 0 Å². The van der Waals surface area contributed by atoms with E-state index < -0.39 is 9.85 Å². The maximum atomic E-state index is 10.7. The molecule has 1 fully saturated rings. The Bertz CT molecular complexity index is 880. The quantitative estimate of drug-likeness (QED) is 0.412. The zero-order valence-corrected chi connectivity index (χ0v) is 17.3. The maximum Gasteiger partial charge on any atom is 0.269 e. The number of nitro groups is 2. The molecule has 10 nitrogen and oxygen atoms in total. The van der Waals surface area contributed by atoms with E-state index in [0.717, 1.165) is 0 Å². The van der Waals surface area contributed by atoms with Crippen LogP contribution in [-0.4, -0.2) is 56.1 Å². The maximum absolute atomic E-state index is 10.7. The molecule has 1 aliphatic heterocycles. The molecule has 30 heavy (non-hydrogen) atoms. The number of benzene rings is 2. The van der Waals surface area contributed by atoms with Crippen LogP contribution in [0.3, 0.4) is 0 Å². The van der Waals surface area contributed by atoms with Crippen molar-refractivity contribution in [2.24, 2.45) is 0 Å². The minimum atomic E-state index is -0.449. The first-order valence-corrected chi connectivity index (χ1v) is 9.76. The van der Waals surface area contributed by atoms with E-state index in [-0.39, 0.29) is 11.4 Å². The van der Waals surface area contributed by atoms with Crippen LogP contribution in [0.4, 0.5) is 22.7 Å². The molecule has 0 saturated carbocycles. The second kappa shape index (κ2) is 9.41. The van der Waals surface area contributed by atoms with Gasteiger partial charge in [-0.05, 0) is 48.7 Å². The summed E-state index contributed by atoms with van der Waals surface area (Å²) in [5.74, 6) is 0. The standard InChI is InChI=1S/C18H18N6O4S2/c25-23(26)15-5-1-13(2-6-15)19-17(29)21-9-11-22(12-10-21)18(30)20-14-3-7-16(8-4-14)24(27)28/h1-8H,9-12H2,(H,19,29)(H,20,30). The number of hydrogen-bond acceptors (Lipinski definition) is 6. The average Bonchev–Trinajstić information content (AvgIpc) is 2.74. The molecular weight excluding hydrogens is 428 g/mol. The second-order valence-corrected chi connectivity index (χ2v) is 7.22. The molecule has 2 aromatic carbocycles. The summed E-state index contributed by atoms with van der Waals surface area (Å²) in [6.45, 7) is 2.61. The molecule has 0 amide bonds. The molecule has 0 spiro atoms. The number of hydrogen-bond donors (Lipinski definition) is 2. The van der Waals surface area contributed by atoms with E-state index in [4.69, 9.17) is 24.4 Å². The van der Waals surface area contributed by atoms with Crippen LogP contribution < -0.4 is 10.6 Å². The minimum absolute atomic E-state index is 0.0223. The van der Waals surface area contributed by atoms with Gasteiger partial charge < -0.3 is 20.4 Å². The van der Waals surface area contributed by atoms with Crippen molar-refractivity contribution in [2.45, 2.75) is 0 Å². The van der Waals surface area contributed by atoms with Crippen LogP contribution >= 0.6 is 24.4 Å². The lowest BCUT2D eigenvalue weighted by atomic mass is 10.3. The molecule has 1 heterocycles. The van der Waals surface area contributed by atoms with Gasteiger partial charge in [-0.2, -0.15) is 0 Å². The number of nitrogens with zero attached hydrogens (tertiary/aromatic N) is 4. The van der Waals surface area contributed by atoms with Gasteiger partial charge in [0.25, 0.3) is 11.4 Å². The third kappa shape index (κ3) is 5.36. The van der Waals surface area contributed by atoms with Crippen LogP contribution in [0.1, 0.15) is 0 Å². The van der Waals surface area contributed by atoms with Crippen molar-refractivity contribution in [2.75, 3.05) is 36.8 Å². The summed E-state index contributed by atoms with van der Waals surface area (Å²) in [5, 5.41) is 28.7.